The minimum Gasteiger partial charge on any atom is -0.493 e. The molecule has 2 aromatic rings. The van der Waals surface area contributed by atoms with Gasteiger partial charge in [-0.3, -0.25) is 0 Å². The predicted molar refractivity (Wildman–Crippen MR) is 77.3 cm³/mol. The van der Waals surface area contributed by atoms with Crippen molar-refractivity contribution in [2.24, 2.45) is 0 Å². The number of hydrogen-bond donors (Lipinski definition) is 1. The summed E-state index contributed by atoms with van der Waals surface area (Å²) in [5.74, 6) is 0.817. The molecule has 1 heterocycles. The van der Waals surface area contributed by atoms with Crippen LogP contribution in [-0.4, -0.2) is 6.61 Å². The van der Waals surface area contributed by atoms with Crippen LogP contribution in [0.4, 0.5) is 4.39 Å². The summed E-state index contributed by atoms with van der Waals surface area (Å²) in [6, 6.07) is 13.2. The van der Waals surface area contributed by atoms with E-state index >= 15 is 0 Å². The molecule has 2 nitrogen and oxygen atoms in total. The van der Waals surface area contributed by atoms with Gasteiger partial charge in [0.05, 0.1) is 6.61 Å². The minimum atomic E-state index is -0.189. The zero-order valence-electron chi connectivity index (χ0n) is 11.5. The molecule has 3 heteroatoms. The molecular formula is C17H18FNO. The number of rotatable bonds is 4. The summed E-state index contributed by atoms with van der Waals surface area (Å²) >= 11 is 0. The molecule has 0 saturated carbocycles. The molecule has 20 heavy (non-hydrogen) atoms. The van der Waals surface area contributed by atoms with Crippen LogP contribution >= 0.6 is 0 Å². The zero-order valence-corrected chi connectivity index (χ0v) is 11.5. The van der Waals surface area contributed by atoms with Gasteiger partial charge in [0, 0.05) is 19.0 Å². The first-order chi connectivity index (χ1) is 9.72. The summed E-state index contributed by atoms with van der Waals surface area (Å²) < 4.78 is 18.7. The molecule has 104 valence electrons. The lowest BCUT2D eigenvalue weighted by Gasteiger charge is -2.14. The lowest BCUT2D eigenvalue weighted by atomic mass is 10.1. The highest BCUT2D eigenvalue weighted by Gasteiger charge is 2.12. The molecule has 0 aromatic heterocycles. The fourth-order valence-electron chi connectivity index (χ4n) is 2.51. The monoisotopic (exact) mass is 271 g/mol. The lowest BCUT2D eigenvalue weighted by molar-refractivity contribution is 0.357. The Morgan fingerprint density at radius 3 is 3.00 bits per heavy atom. The molecule has 1 aliphatic rings. The molecule has 0 bridgehead atoms. The van der Waals surface area contributed by atoms with Crippen LogP contribution in [0, 0.1) is 5.82 Å². The number of nitrogens with one attached hydrogen (secondary N) is 1. The number of halogens is 1. The summed E-state index contributed by atoms with van der Waals surface area (Å²) in [6.45, 7) is 3.60. The van der Waals surface area contributed by atoms with E-state index in [9.17, 15) is 4.39 Å². The van der Waals surface area contributed by atoms with Crippen LogP contribution in [0.2, 0.25) is 0 Å². The second kappa shape index (κ2) is 5.63. The Morgan fingerprint density at radius 2 is 2.15 bits per heavy atom. The molecule has 1 aliphatic heterocycles. The van der Waals surface area contributed by atoms with E-state index in [1.807, 2.05) is 19.1 Å². The average Bonchev–Trinajstić information content (AvgIpc) is 2.92. The van der Waals surface area contributed by atoms with Gasteiger partial charge in [0.2, 0.25) is 0 Å². The number of benzene rings is 2. The summed E-state index contributed by atoms with van der Waals surface area (Å²) in [5, 5.41) is 3.43. The van der Waals surface area contributed by atoms with Crippen LogP contribution in [0.25, 0.3) is 0 Å². The van der Waals surface area contributed by atoms with Gasteiger partial charge in [0.15, 0.2) is 0 Å². The molecule has 0 amide bonds. The van der Waals surface area contributed by atoms with Crippen LogP contribution < -0.4 is 10.1 Å². The van der Waals surface area contributed by atoms with Gasteiger partial charge in [-0.25, -0.2) is 4.39 Å². The molecule has 0 aliphatic carbocycles. The van der Waals surface area contributed by atoms with Crippen LogP contribution in [0.5, 0.6) is 5.75 Å². The Morgan fingerprint density at radius 1 is 1.25 bits per heavy atom. The second-order valence-electron chi connectivity index (χ2n) is 5.20. The van der Waals surface area contributed by atoms with Gasteiger partial charge in [0.1, 0.15) is 11.6 Å². The van der Waals surface area contributed by atoms with E-state index in [0.717, 1.165) is 30.9 Å². The molecule has 0 radical (unpaired) electrons. The Balaban J connectivity index is 1.64. The Labute approximate surface area is 118 Å². The number of ether oxygens (including phenoxy) is 1. The van der Waals surface area contributed by atoms with Gasteiger partial charge >= 0.3 is 0 Å². The van der Waals surface area contributed by atoms with Gasteiger partial charge in [-0.1, -0.05) is 24.3 Å². The highest BCUT2D eigenvalue weighted by atomic mass is 19.1. The average molecular weight is 271 g/mol. The van der Waals surface area contributed by atoms with Gasteiger partial charge in [-0.2, -0.15) is 0 Å². The van der Waals surface area contributed by atoms with Crippen LogP contribution in [0.1, 0.15) is 29.7 Å². The molecule has 3 rings (SSSR count). The van der Waals surface area contributed by atoms with E-state index < -0.39 is 0 Å². The van der Waals surface area contributed by atoms with E-state index in [4.69, 9.17) is 4.74 Å². The first kappa shape index (κ1) is 13.1. The standard InChI is InChI=1S/C17H18FNO/c1-12(14-3-2-4-16(18)10-14)19-11-13-5-6-17-15(9-13)7-8-20-17/h2-6,9-10,12,19H,7-8,11H2,1H3/t12-/m1/s1. The van der Waals surface area contributed by atoms with Crippen molar-refractivity contribution in [3.63, 3.8) is 0 Å². The summed E-state index contributed by atoms with van der Waals surface area (Å²) in [6.07, 6.45) is 0.989. The zero-order chi connectivity index (χ0) is 13.9. The third-order valence-electron chi connectivity index (χ3n) is 3.71. The fraction of sp³-hybridized carbons (Fsp3) is 0.294. The van der Waals surface area contributed by atoms with Gasteiger partial charge in [0.25, 0.3) is 0 Å². The largest absolute Gasteiger partial charge is 0.493 e. The van der Waals surface area contributed by atoms with Gasteiger partial charge < -0.3 is 10.1 Å². The maximum absolute atomic E-state index is 13.2. The SMILES string of the molecule is C[C@@H](NCc1ccc2c(c1)CCO2)c1cccc(F)c1. The molecule has 1 atom stereocenters. The first-order valence-electron chi connectivity index (χ1n) is 6.96. The van der Waals surface area contributed by atoms with E-state index in [-0.39, 0.29) is 11.9 Å². The van der Waals surface area contributed by atoms with Crippen molar-refractivity contribution in [3.05, 3.63) is 65.0 Å². The van der Waals surface area contributed by atoms with E-state index in [1.165, 1.54) is 17.2 Å². The van der Waals surface area contributed by atoms with E-state index in [0.29, 0.717) is 0 Å². The van der Waals surface area contributed by atoms with Crippen molar-refractivity contribution in [1.82, 2.24) is 5.32 Å². The highest BCUT2D eigenvalue weighted by molar-refractivity contribution is 5.39. The second-order valence-corrected chi connectivity index (χ2v) is 5.20. The summed E-state index contributed by atoms with van der Waals surface area (Å²) in [4.78, 5) is 0. The van der Waals surface area contributed by atoms with Crippen molar-refractivity contribution in [3.8, 4) is 5.75 Å². The predicted octanol–water partition coefficient (Wildman–Crippen LogP) is 3.61. The molecule has 0 spiro atoms. The normalized spacial score (nSPS) is 14.7. The number of hydrogen-bond acceptors (Lipinski definition) is 2. The van der Waals surface area contributed by atoms with Crippen LogP contribution in [0.15, 0.2) is 42.5 Å². The lowest BCUT2D eigenvalue weighted by Crippen LogP contribution is -2.18. The summed E-state index contributed by atoms with van der Waals surface area (Å²) in [7, 11) is 0. The highest BCUT2D eigenvalue weighted by Crippen LogP contribution is 2.26. The molecule has 1 N–H and O–H groups in total. The van der Waals surface area contributed by atoms with Crippen molar-refractivity contribution in [1.29, 1.82) is 0 Å². The van der Waals surface area contributed by atoms with E-state index in [1.54, 1.807) is 12.1 Å². The van der Waals surface area contributed by atoms with Crippen LogP contribution in [-0.2, 0) is 13.0 Å². The quantitative estimate of drug-likeness (QED) is 0.917. The fourth-order valence-corrected chi connectivity index (χ4v) is 2.51. The smallest absolute Gasteiger partial charge is 0.123 e. The third kappa shape index (κ3) is 2.83. The molecule has 0 fully saturated rings. The third-order valence-corrected chi connectivity index (χ3v) is 3.71. The van der Waals surface area contributed by atoms with Crippen molar-refractivity contribution >= 4 is 0 Å². The van der Waals surface area contributed by atoms with Gasteiger partial charge in [-0.15, -0.1) is 0 Å². The van der Waals surface area contributed by atoms with Crippen molar-refractivity contribution < 1.29 is 9.13 Å². The maximum Gasteiger partial charge on any atom is 0.123 e. The molecule has 0 unspecified atom stereocenters. The molecule has 2 aromatic carbocycles. The topological polar surface area (TPSA) is 21.3 Å². The van der Waals surface area contributed by atoms with Crippen molar-refractivity contribution in [2.45, 2.75) is 25.9 Å². The summed E-state index contributed by atoms with van der Waals surface area (Å²) in [5.41, 5.74) is 3.48. The van der Waals surface area contributed by atoms with Crippen LogP contribution in [0.3, 0.4) is 0 Å². The maximum atomic E-state index is 13.2. The Kier molecular flexibility index (Phi) is 3.70. The Bertz CT molecular complexity index is 612. The molecule has 0 saturated heterocycles. The molecular weight excluding hydrogens is 253 g/mol. The van der Waals surface area contributed by atoms with Crippen molar-refractivity contribution in [2.75, 3.05) is 6.61 Å². The minimum absolute atomic E-state index is 0.121. The first-order valence-corrected chi connectivity index (χ1v) is 6.96. The van der Waals surface area contributed by atoms with Gasteiger partial charge in [-0.05, 0) is 41.8 Å². The van der Waals surface area contributed by atoms with E-state index in [2.05, 4.69) is 17.4 Å². The number of fused-ring (bicyclic) bond motifs is 1. The Hall–Kier alpha value is -1.87.